The summed E-state index contributed by atoms with van der Waals surface area (Å²) in [4.78, 5) is 0. The topological polar surface area (TPSA) is 80.9 Å². The Bertz CT molecular complexity index is 196. The zero-order valence-corrected chi connectivity index (χ0v) is 24.3. The van der Waals surface area contributed by atoms with Gasteiger partial charge in [-0.05, 0) is 41.5 Å². The number of aliphatic hydroxyl groups excluding tert-OH is 3. The van der Waals surface area contributed by atoms with Crippen molar-refractivity contribution in [1.82, 2.24) is 0 Å². The van der Waals surface area contributed by atoms with Gasteiger partial charge in [0, 0.05) is 40.0 Å². The third-order valence-electron chi connectivity index (χ3n) is 2.99. The molecule has 0 rings (SSSR count). The molecule has 0 aliphatic carbocycles. The van der Waals surface area contributed by atoms with Crippen molar-refractivity contribution in [1.29, 1.82) is 0 Å². The summed E-state index contributed by atoms with van der Waals surface area (Å²) in [6.45, 7) is 17.0. The molecule has 27 heavy (non-hydrogen) atoms. The van der Waals surface area contributed by atoms with Crippen LogP contribution in [0.5, 0.6) is 0 Å². The standard InChI is InChI=1S/3C4H9.3C3H8O.H2O.Sn.Ti/c3*1-3-4-2;3*1-3(2)4;;;/h3*1,3-4H2,2H3;3*3-4H,1-2H3;1H2;;/q;;;;;;;+1;/p-1. The molecular formula is C21H52O4SnTi. The summed E-state index contributed by atoms with van der Waals surface area (Å²) in [6.07, 6.45) is 7.03. The van der Waals surface area contributed by atoms with E-state index in [0.29, 0.717) is 0 Å². The predicted octanol–water partition coefficient (Wildman–Crippen LogP) is 5.48. The van der Waals surface area contributed by atoms with Crippen LogP contribution in [0.3, 0.4) is 0 Å². The molecule has 0 unspecified atom stereocenters. The van der Waals surface area contributed by atoms with Gasteiger partial charge in [-0.15, -0.1) is 0 Å². The maximum atomic E-state index is 10.6. The van der Waals surface area contributed by atoms with Crippen molar-refractivity contribution >= 4 is 18.8 Å². The first kappa shape index (κ1) is 38.9. The molecule has 0 amide bonds. The first-order valence-corrected chi connectivity index (χ1v) is 18.0. The van der Waals surface area contributed by atoms with E-state index >= 15 is 0 Å². The fourth-order valence-corrected chi connectivity index (χ4v) is 12.7. The molecule has 0 aliphatic heterocycles. The molecule has 0 aliphatic rings. The Morgan fingerprint density at radius 3 is 0.815 bits per heavy atom. The van der Waals surface area contributed by atoms with E-state index in [1.807, 2.05) is 0 Å². The van der Waals surface area contributed by atoms with E-state index in [1.165, 1.54) is 51.8 Å². The van der Waals surface area contributed by atoms with Gasteiger partial charge in [-0.3, -0.25) is 0 Å². The molecule has 6 heteroatoms. The van der Waals surface area contributed by atoms with Gasteiger partial charge in [-0.2, -0.15) is 0 Å². The molecule has 0 bridgehead atoms. The third-order valence-corrected chi connectivity index (χ3v) is 14.0. The normalized spacial score (nSPS) is 10.2. The Labute approximate surface area is 190 Å². The van der Waals surface area contributed by atoms with E-state index in [9.17, 15) is 3.44 Å². The summed E-state index contributed by atoms with van der Waals surface area (Å²) < 4.78 is 14.3. The molecule has 0 radical (unpaired) electrons. The molecule has 4 nitrogen and oxygen atoms in total. The SMILES string of the molecule is CC(C)O.CC(C)O.CC(C)O.CCC[CH2][Sn]([OH])([CH2]CCC)[CH2]CCC.[Ti]. The molecule has 0 saturated heterocycles. The molecule has 0 spiro atoms. The maximum absolute atomic E-state index is 10.6. The Hall–Kier alpha value is 1.35. The minimum absolute atomic E-state index is 0. The summed E-state index contributed by atoms with van der Waals surface area (Å²) in [5.74, 6) is 0. The van der Waals surface area contributed by atoms with Crippen molar-refractivity contribution in [2.24, 2.45) is 0 Å². The minimum atomic E-state index is -2.56. The van der Waals surface area contributed by atoms with E-state index in [4.69, 9.17) is 15.3 Å². The Balaban J connectivity index is -0.000000102. The molecular weight excluding hydrogens is 483 g/mol. The summed E-state index contributed by atoms with van der Waals surface area (Å²) in [5.41, 5.74) is 0. The first-order chi connectivity index (χ1) is 11.9. The van der Waals surface area contributed by atoms with E-state index in [1.54, 1.807) is 41.5 Å². The summed E-state index contributed by atoms with van der Waals surface area (Å²) in [6, 6.07) is 0. The molecule has 4 N–H and O–H groups in total. The van der Waals surface area contributed by atoms with Crippen LogP contribution in [0, 0.1) is 0 Å². The predicted molar refractivity (Wildman–Crippen MR) is 119 cm³/mol. The Kier molecular flexibility index (Phi) is 42.6. The van der Waals surface area contributed by atoms with E-state index in [0.717, 1.165) is 0 Å². The summed E-state index contributed by atoms with van der Waals surface area (Å²) in [5, 5.41) is 24.2. The maximum Gasteiger partial charge on any atom is 0 e. The van der Waals surface area contributed by atoms with Gasteiger partial charge in [0.05, 0.1) is 0 Å². The van der Waals surface area contributed by atoms with Gasteiger partial charge in [0.1, 0.15) is 0 Å². The molecule has 0 fully saturated rings. The van der Waals surface area contributed by atoms with Crippen LogP contribution in [-0.4, -0.2) is 55.9 Å². The van der Waals surface area contributed by atoms with Gasteiger partial charge in [-0.1, -0.05) is 0 Å². The number of hydrogen-bond acceptors (Lipinski definition) is 4. The van der Waals surface area contributed by atoms with Crippen LogP contribution in [-0.2, 0) is 21.7 Å². The van der Waals surface area contributed by atoms with E-state index in [-0.39, 0.29) is 40.0 Å². The Morgan fingerprint density at radius 1 is 0.556 bits per heavy atom. The van der Waals surface area contributed by atoms with Gasteiger partial charge in [0.2, 0.25) is 0 Å². The second-order valence-electron chi connectivity index (χ2n) is 7.82. The fourth-order valence-electron chi connectivity index (χ4n) is 1.89. The largest absolute Gasteiger partial charge is 0 e. The van der Waals surface area contributed by atoms with E-state index < -0.39 is 18.8 Å². The second kappa shape index (κ2) is 29.6. The van der Waals surface area contributed by atoms with Crippen LogP contribution in [0.2, 0.25) is 13.3 Å². The quantitative estimate of drug-likeness (QED) is 0.295. The molecule has 0 aromatic heterocycles. The zero-order chi connectivity index (χ0) is 21.6. The molecule has 0 aromatic carbocycles. The third kappa shape index (κ3) is 65.7. The number of unbranched alkanes of at least 4 members (excludes halogenated alkanes) is 3. The second-order valence-corrected chi connectivity index (χ2v) is 19.1. The summed E-state index contributed by atoms with van der Waals surface area (Å²) >= 11 is -2.56. The van der Waals surface area contributed by atoms with Crippen molar-refractivity contribution in [3.8, 4) is 0 Å². The average Bonchev–Trinajstić information content (AvgIpc) is 2.47. The van der Waals surface area contributed by atoms with Gasteiger partial charge >= 0.3 is 94.8 Å². The van der Waals surface area contributed by atoms with Gasteiger partial charge in [-0.25, -0.2) is 0 Å². The van der Waals surface area contributed by atoms with Crippen LogP contribution >= 0.6 is 0 Å². The Morgan fingerprint density at radius 2 is 0.704 bits per heavy atom. The van der Waals surface area contributed by atoms with Crippen LogP contribution in [0.15, 0.2) is 0 Å². The monoisotopic (exact) mass is 536 g/mol. The van der Waals surface area contributed by atoms with Crippen molar-refractivity contribution in [2.75, 3.05) is 0 Å². The van der Waals surface area contributed by atoms with Gasteiger partial charge in [0.15, 0.2) is 0 Å². The molecule has 168 valence electrons. The fraction of sp³-hybridized carbons (Fsp3) is 1.00. The molecule has 0 aromatic rings. The number of rotatable bonds is 9. The van der Waals surface area contributed by atoms with Crippen molar-refractivity contribution in [3.63, 3.8) is 0 Å². The van der Waals surface area contributed by atoms with Gasteiger partial charge in [0.25, 0.3) is 0 Å². The molecule has 0 saturated carbocycles. The molecule has 0 heterocycles. The smallest absolute Gasteiger partial charge is 0 e. The van der Waals surface area contributed by atoms with Crippen molar-refractivity contribution in [3.05, 3.63) is 0 Å². The average molecular weight is 535 g/mol. The van der Waals surface area contributed by atoms with Crippen molar-refractivity contribution in [2.45, 2.75) is 132 Å². The van der Waals surface area contributed by atoms with E-state index in [2.05, 4.69) is 20.8 Å². The molecule has 0 atom stereocenters. The van der Waals surface area contributed by atoms with Crippen LogP contribution in [0.25, 0.3) is 0 Å². The van der Waals surface area contributed by atoms with Crippen LogP contribution < -0.4 is 0 Å². The zero-order valence-electron chi connectivity index (χ0n) is 19.9. The minimum Gasteiger partial charge on any atom is 0 e. The van der Waals surface area contributed by atoms with Crippen molar-refractivity contribution < 1.29 is 40.5 Å². The summed E-state index contributed by atoms with van der Waals surface area (Å²) in [7, 11) is 0. The van der Waals surface area contributed by atoms with Crippen LogP contribution in [0.4, 0.5) is 0 Å². The van der Waals surface area contributed by atoms with Crippen LogP contribution in [0.1, 0.15) is 101 Å². The number of aliphatic hydroxyl groups is 3. The first-order valence-electron chi connectivity index (χ1n) is 10.6. The van der Waals surface area contributed by atoms with Gasteiger partial charge < -0.3 is 15.3 Å². The number of hydrogen-bond donors (Lipinski definition) is 4.